The number of hydrogen-bond acceptors (Lipinski definition) is 3. The number of thiazole rings is 1. The Balaban J connectivity index is 1.86. The molecule has 100 valence electrons. The molecule has 0 bridgehead atoms. The Morgan fingerprint density at radius 1 is 1.21 bits per heavy atom. The van der Waals surface area contributed by atoms with Gasteiger partial charge in [-0.25, -0.2) is 4.98 Å². The molecule has 1 aliphatic carbocycles. The Bertz CT molecular complexity index is 565. The predicted octanol–water partition coefficient (Wildman–Crippen LogP) is 4.27. The first-order chi connectivity index (χ1) is 9.08. The Hall–Kier alpha value is -1.19. The van der Waals surface area contributed by atoms with Gasteiger partial charge in [-0.1, -0.05) is 38.1 Å². The van der Waals surface area contributed by atoms with Crippen LogP contribution in [0.2, 0.25) is 0 Å². The number of nitrogens with zero attached hydrogens (tertiary/aromatic N) is 1. The maximum atomic E-state index is 6.33. The third-order valence-corrected chi connectivity index (χ3v) is 5.11. The fourth-order valence-corrected chi connectivity index (χ4v) is 3.45. The second-order valence-corrected chi connectivity index (χ2v) is 6.68. The molecule has 2 aromatic rings. The Kier molecular flexibility index (Phi) is 3.19. The van der Waals surface area contributed by atoms with Crippen molar-refractivity contribution in [2.45, 2.75) is 44.6 Å². The molecule has 1 aliphatic rings. The summed E-state index contributed by atoms with van der Waals surface area (Å²) in [4.78, 5) is 4.74. The first-order valence-corrected chi connectivity index (χ1v) is 7.82. The van der Waals surface area contributed by atoms with Crippen LogP contribution in [0, 0.1) is 0 Å². The van der Waals surface area contributed by atoms with Crippen LogP contribution in [-0.2, 0) is 5.54 Å². The molecule has 2 nitrogen and oxygen atoms in total. The van der Waals surface area contributed by atoms with Crippen molar-refractivity contribution in [2.75, 3.05) is 0 Å². The quantitative estimate of drug-likeness (QED) is 0.906. The van der Waals surface area contributed by atoms with Crippen LogP contribution in [-0.4, -0.2) is 4.98 Å². The summed E-state index contributed by atoms with van der Waals surface area (Å²) < 4.78 is 0. The van der Waals surface area contributed by atoms with Gasteiger partial charge >= 0.3 is 0 Å². The summed E-state index contributed by atoms with van der Waals surface area (Å²) in [6.45, 7) is 4.43. The van der Waals surface area contributed by atoms with Gasteiger partial charge in [0, 0.05) is 10.9 Å². The lowest BCUT2D eigenvalue weighted by molar-refractivity contribution is 0.253. The van der Waals surface area contributed by atoms with E-state index in [1.165, 1.54) is 17.5 Å². The van der Waals surface area contributed by atoms with Crippen molar-refractivity contribution in [2.24, 2.45) is 5.73 Å². The molecule has 1 saturated carbocycles. The average molecular weight is 272 g/mol. The minimum atomic E-state index is -0.138. The highest BCUT2D eigenvalue weighted by Crippen LogP contribution is 2.41. The van der Waals surface area contributed by atoms with Gasteiger partial charge in [0.2, 0.25) is 0 Å². The summed E-state index contributed by atoms with van der Waals surface area (Å²) in [6, 6.07) is 8.72. The fourth-order valence-electron chi connectivity index (χ4n) is 2.45. The van der Waals surface area contributed by atoms with Gasteiger partial charge < -0.3 is 5.73 Å². The molecular formula is C16H20N2S. The number of rotatable bonds is 3. The molecule has 1 aromatic heterocycles. The largest absolute Gasteiger partial charge is 0.319 e. The van der Waals surface area contributed by atoms with Gasteiger partial charge in [-0.3, -0.25) is 0 Å². The normalized spacial score (nSPS) is 17.5. The molecule has 0 unspecified atom stereocenters. The van der Waals surface area contributed by atoms with Crippen LogP contribution in [0.1, 0.15) is 49.6 Å². The summed E-state index contributed by atoms with van der Waals surface area (Å²) in [7, 11) is 0. The monoisotopic (exact) mass is 272 g/mol. The number of aromatic nitrogens is 1. The van der Waals surface area contributed by atoms with E-state index in [0.717, 1.165) is 23.5 Å². The van der Waals surface area contributed by atoms with Crippen molar-refractivity contribution >= 4 is 11.3 Å². The number of nitrogens with two attached hydrogens (primary N) is 1. The van der Waals surface area contributed by atoms with E-state index in [0.29, 0.717) is 5.92 Å². The van der Waals surface area contributed by atoms with Crippen molar-refractivity contribution in [3.8, 4) is 11.3 Å². The molecule has 0 spiro atoms. The summed E-state index contributed by atoms with van der Waals surface area (Å²) in [5.74, 6) is 0.572. The second kappa shape index (κ2) is 4.73. The number of hydrogen-bond donors (Lipinski definition) is 1. The van der Waals surface area contributed by atoms with Crippen LogP contribution in [0.25, 0.3) is 11.3 Å². The van der Waals surface area contributed by atoms with Crippen LogP contribution >= 0.6 is 11.3 Å². The standard InChI is InChI=1S/C16H20N2S/c1-11(2)12-4-6-13(7-5-12)14-10-19-15(18-14)16(17)8-3-9-16/h4-7,10-11H,3,8-9,17H2,1-2H3. The molecule has 19 heavy (non-hydrogen) atoms. The van der Waals surface area contributed by atoms with E-state index in [9.17, 15) is 0 Å². The zero-order valence-corrected chi connectivity index (χ0v) is 12.3. The van der Waals surface area contributed by atoms with Gasteiger partial charge in [-0.2, -0.15) is 0 Å². The first kappa shape index (κ1) is 12.8. The van der Waals surface area contributed by atoms with E-state index >= 15 is 0 Å². The molecule has 3 rings (SSSR count). The predicted molar refractivity (Wildman–Crippen MR) is 81.4 cm³/mol. The highest BCUT2D eigenvalue weighted by Gasteiger charge is 2.37. The minimum absolute atomic E-state index is 0.138. The summed E-state index contributed by atoms with van der Waals surface area (Å²) >= 11 is 1.70. The molecular weight excluding hydrogens is 252 g/mol. The lowest BCUT2D eigenvalue weighted by Gasteiger charge is -2.35. The Morgan fingerprint density at radius 2 is 1.89 bits per heavy atom. The van der Waals surface area contributed by atoms with Crippen molar-refractivity contribution in [1.29, 1.82) is 0 Å². The van der Waals surface area contributed by atoms with E-state index in [-0.39, 0.29) is 5.54 Å². The second-order valence-electron chi connectivity index (χ2n) is 5.82. The molecule has 0 saturated heterocycles. The molecule has 0 amide bonds. The summed E-state index contributed by atoms with van der Waals surface area (Å²) in [5.41, 5.74) is 9.81. The zero-order valence-electron chi connectivity index (χ0n) is 11.5. The van der Waals surface area contributed by atoms with E-state index < -0.39 is 0 Å². The molecule has 0 radical (unpaired) electrons. The highest BCUT2D eigenvalue weighted by atomic mass is 32.1. The van der Waals surface area contributed by atoms with Crippen molar-refractivity contribution in [3.05, 3.63) is 40.2 Å². The average Bonchev–Trinajstić information content (AvgIpc) is 2.86. The Labute approximate surface area is 118 Å². The van der Waals surface area contributed by atoms with Gasteiger partial charge in [0.05, 0.1) is 11.2 Å². The molecule has 2 N–H and O–H groups in total. The van der Waals surface area contributed by atoms with Crippen molar-refractivity contribution in [1.82, 2.24) is 4.98 Å². The zero-order chi connectivity index (χ0) is 13.5. The Morgan fingerprint density at radius 3 is 2.42 bits per heavy atom. The van der Waals surface area contributed by atoms with E-state index in [1.807, 2.05) is 0 Å². The highest BCUT2D eigenvalue weighted by molar-refractivity contribution is 7.10. The maximum absolute atomic E-state index is 6.33. The van der Waals surface area contributed by atoms with E-state index in [1.54, 1.807) is 11.3 Å². The van der Waals surface area contributed by atoms with Gasteiger partial charge in [0.1, 0.15) is 5.01 Å². The maximum Gasteiger partial charge on any atom is 0.113 e. The number of benzene rings is 1. The molecule has 0 aliphatic heterocycles. The topological polar surface area (TPSA) is 38.9 Å². The SMILES string of the molecule is CC(C)c1ccc(-c2csc(C3(N)CCC3)n2)cc1. The third-order valence-electron chi connectivity index (χ3n) is 4.05. The molecule has 0 atom stereocenters. The van der Waals surface area contributed by atoms with Crippen LogP contribution < -0.4 is 5.73 Å². The summed E-state index contributed by atoms with van der Waals surface area (Å²) in [6.07, 6.45) is 3.38. The van der Waals surface area contributed by atoms with Crippen LogP contribution in [0.5, 0.6) is 0 Å². The van der Waals surface area contributed by atoms with Crippen molar-refractivity contribution in [3.63, 3.8) is 0 Å². The molecule has 1 heterocycles. The van der Waals surface area contributed by atoms with Gasteiger partial charge in [-0.05, 0) is 30.7 Å². The first-order valence-electron chi connectivity index (χ1n) is 6.94. The lowest BCUT2D eigenvalue weighted by atomic mass is 9.78. The smallest absolute Gasteiger partial charge is 0.113 e. The van der Waals surface area contributed by atoms with Crippen LogP contribution in [0.15, 0.2) is 29.6 Å². The van der Waals surface area contributed by atoms with Crippen LogP contribution in [0.3, 0.4) is 0 Å². The third kappa shape index (κ3) is 2.33. The van der Waals surface area contributed by atoms with E-state index in [2.05, 4.69) is 43.5 Å². The molecule has 1 fully saturated rings. The lowest BCUT2D eigenvalue weighted by Crippen LogP contribution is -2.43. The minimum Gasteiger partial charge on any atom is -0.319 e. The fraction of sp³-hybridized carbons (Fsp3) is 0.438. The summed E-state index contributed by atoms with van der Waals surface area (Å²) in [5, 5.41) is 3.23. The van der Waals surface area contributed by atoms with Gasteiger partial charge in [0.15, 0.2) is 0 Å². The van der Waals surface area contributed by atoms with Crippen molar-refractivity contribution < 1.29 is 0 Å². The van der Waals surface area contributed by atoms with Gasteiger partial charge in [-0.15, -0.1) is 11.3 Å². The molecule has 3 heteroatoms. The molecule has 1 aromatic carbocycles. The van der Waals surface area contributed by atoms with E-state index in [4.69, 9.17) is 10.7 Å². The van der Waals surface area contributed by atoms with Crippen LogP contribution in [0.4, 0.5) is 0 Å². The van der Waals surface area contributed by atoms with Gasteiger partial charge in [0.25, 0.3) is 0 Å².